The van der Waals surface area contributed by atoms with Crippen LogP contribution in [0.2, 0.25) is 0 Å². The monoisotopic (exact) mass is 263 g/mol. The Balaban J connectivity index is 2.09. The first kappa shape index (κ1) is 11.5. The summed E-state index contributed by atoms with van der Waals surface area (Å²) in [7, 11) is 1.89. The molecule has 5 heteroatoms. The molecular formula is C13H14ClN3O. The van der Waals surface area contributed by atoms with Gasteiger partial charge >= 0.3 is 0 Å². The number of nitrogens with zero attached hydrogens (tertiary/aromatic N) is 3. The number of anilines is 1. The molecule has 2 heterocycles. The van der Waals surface area contributed by atoms with Crippen LogP contribution in [0.3, 0.4) is 0 Å². The number of aromatic nitrogens is 2. The lowest BCUT2D eigenvalue weighted by molar-refractivity contribution is -0.117. The van der Waals surface area contributed by atoms with Gasteiger partial charge in [0.2, 0.25) is 5.91 Å². The SMILES string of the molecule is Cn1ncc2cccc(N3CC(CCl)CC3=O)c21. The molecule has 4 nitrogen and oxygen atoms in total. The Morgan fingerprint density at radius 2 is 2.33 bits per heavy atom. The fourth-order valence-electron chi connectivity index (χ4n) is 2.55. The van der Waals surface area contributed by atoms with Gasteiger partial charge in [-0.25, -0.2) is 0 Å². The van der Waals surface area contributed by atoms with Crippen molar-refractivity contribution in [3.05, 3.63) is 24.4 Å². The highest BCUT2D eigenvalue weighted by molar-refractivity contribution is 6.18. The van der Waals surface area contributed by atoms with Gasteiger partial charge in [-0.15, -0.1) is 11.6 Å². The smallest absolute Gasteiger partial charge is 0.227 e. The number of fused-ring (bicyclic) bond motifs is 1. The molecular weight excluding hydrogens is 250 g/mol. The Labute approximate surface area is 110 Å². The minimum Gasteiger partial charge on any atom is -0.310 e. The van der Waals surface area contributed by atoms with E-state index in [-0.39, 0.29) is 11.8 Å². The fraction of sp³-hybridized carbons (Fsp3) is 0.385. The maximum absolute atomic E-state index is 12.1. The molecule has 0 bridgehead atoms. The Morgan fingerprint density at radius 3 is 3.06 bits per heavy atom. The maximum Gasteiger partial charge on any atom is 0.227 e. The molecule has 94 valence electrons. The fourth-order valence-corrected chi connectivity index (χ4v) is 2.75. The van der Waals surface area contributed by atoms with E-state index in [0.29, 0.717) is 18.8 Å². The van der Waals surface area contributed by atoms with Gasteiger partial charge in [-0.05, 0) is 12.0 Å². The second-order valence-corrected chi connectivity index (χ2v) is 5.02. The zero-order valence-corrected chi connectivity index (χ0v) is 10.9. The molecule has 1 unspecified atom stereocenters. The van der Waals surface area contributed by atoms with Gasteiger partial charge in [0, 0.05) is 31.3 Å². The first-order valence-corrected chi connectivity index (χ1v) is 6.51. The molecule has 1 saturated heterocycles. The van der Waals surface area contributed by atoms with Crippen LogP contribution in [-0.2, 0) is 11.8 Å². The first-order chi connectivity index (χ1) is 8.70. The lowest BCUT2D eigenvalue weighted by Gasteiger charge is -2.18. The summed E-state index contributed by atoms with van der Waals surface area (Å²) in [5.41, 5.74) is 1.94. The average Bonchev–Trinajstić information content (AvgIpc) is 2.93. The van der Waals surface area contributed by atoms with Crippen LogP contribution in [-0.4, -0.2) is 28.1 Å². The van der Waals surface area contributed by atoms with Crippen molar-refractivity contribution in [2.24, 2.45) is 13.0 Å². The van der Waals surface area contributed by atoms with Crippen molar-refractivity contribution < 1.29 is 4.79 Å². The zero-order chi connectivity index (χ0) is 12.7. The highest BCUT2D eigenvalue weighted by Crippen LogP contribution is 2.31. The number of amides is 1. The van der Waals surface area contributed by atoms with Gasteiger partial charge < -0.3 is 4.90 Å². The minimum atomic E-state index is 0.148. The van der Waals surface area contributed by atoms with E-state index in [4.69, 9.17) is 11.6 Å². The van der Waals surface area contributed by atoms with Crippen molar-refractivity contribution in [1.82, 2.24) is 9.78 Å². The number of halogens is 1. The van der Waals surface area contributed by atoms with E-state index in [0.717, 1.165) is 16.6 Å². The number of carbonyl (C=O) groups excluding carboxylic acids is 1. The number of benzene rings is 1. The number of carbonyl (C=O) groups is 1. The van der Waals surface area contributed by atoms with Gasteiger partial charge in [-0.1, -0.05) is 12.1 Å². The largest absolute Gasteiger partial charge is 0.310 e. The van der Waals surface area contributed by atoms with E-state index in [1.54, 1.807) is 0 Å². The lowest BCUT2D eigenvalue weighted by Crippen LogP contribution is -2.25. The second-order valence-electron chi connectivity index (χ2n) is 4.71. The highest BCUT2D eigenvalue weighted by atomic mass is 35.5. The van der Waals surface area contributed by atoms with Crippen LogP contribution in [0.1, 0.15) is 6.42 Å². The van der Waals surface area contributed by atoms with Crippen LogP contribution in [0, 0.1) is 5.92 Å². The Kier molecular flexibility index (Phi) is 2.74. The molecule has 0 saturated carbocycles. The number of aryl methyl sites for hydroxylation is 1. The third-order valence-electron chi connectivity index (χ3n) is 3.45. The molecule has 1 aromatic heterocycles. The van der Waals surface area contributed by atoms with Crippen LogP contribution >= 0.6 is 11.6 Å². The quantitative estimate of drug-likeness (QED) is 0.779. The summed E-state index contributed by atoms with van der Waals surface area (Å²) >= 11 is 5.86. The average molecular weight is 264 g/mol. The molecule has 3 rings (SSSR count). The zero-order valence-electron chi connectivity index (χ0n) is 10.1. The standard InChI is InChI=1S/C13H14ClN3O/c1-16-13-10(7-15-16)3-2-4-11(13)17-8-9(6-14)5-12(17)18/h2-4,7,9H,5-6,8H2,1H3. The van der Waals surface area contributed by atoms with Crippen molar-refractivity contribution in [3.8, 4) is 0 Å². The van der Waals surface area contributed by atoms with Gasteiger partial charge in [-0.2, -0.15) is 5.10 Å². The topological polar surface area (TPSA) is 38.1 Å². The molecule has 0 spiro atoms. The Hall–Kier alpha value is -1.55. The summed E-state index contributed by atoms with van der Waals surface area (Å²) in [6, 6.07) is 5.94. The summed E-state index contributed by atoms with van der Waals surface area (Å²) < 4.78 is 1.81. The van der Waals surface area contributed by atoms with Crippen molar-refractivity contribution in [2.45, 2.75) is 6.42 Å². The normalized spacial score (nSPS) is 20.0. The number of rotatable bonds is 2. The molecule has 1 amide bonds. The third-order valence-corrected chi connectivity index (χ3v) is 3.89. The van der Waals surface area contributed by atoms with Gasteiger partial charge in [0.05, 0.1) is 17.4 Å². The molecule has 1 aliphatic rings. The summed E-state index contributed by atoms with van der Waals surface area (Å²) in [4.78, 5) is 13.9. The summed E-state index contributed by atoms with van der Waals surface area (Å²) in [6.07, 6.45) is 2.36. The lowest BCUT2D eigenvalue weighted by atomic mass is 10.1. The molecule has 1 atom stereocenters. The van der Waals surface area contributed by atoms with Gasteiger partial charge in [0.1, 0.15) is 0 Å². The number of alkyl halides is 1. The second kappa shape index (κ2) is 4.28. The van der Waals surface area contributed by atoms with E-state index in [1.165, 1.54) is 0 Å². The van der Waals surface area contributed by atoms with Crippen LogP contribution in [0.5, 0.6) is 0 Å². The summed E-state index contributed by atoms with van der Waals surface area (Å²) in [5, 5.41) is 5.30. The molecule has 1 fully saturated rings. The molecule has 0 N–H and O–H groups in total. The highest BCUT2D eigenvalue weighted by Gasteiger charge is 2.31. The predicted octanol–water partition coefficient (Wildman–Crippen LogP) is 2.17. The molecule has 18 heavy (non-hydrogen) atoms. The van der Waals surface area contributed by atoms with E-state index in [1.807, 2.05) is 41.0 Å². The number of para-hydroxylation sites is 1. The van der Waals surface area contributed by atoms with Crippen molar-refractivity contribution in [3.63, 3.8) is 0 Å². The van der Waals surface area contributed by atoms with E-state index in [9.17, 15) is 4.79 Å². The van der Waals surface area contributed by atoms with E-state index >= 15 is 0 Å². The summed E-state index contributed by atoms with van der Waals surface area (Å²) in [5.74, 6) is 0.931. The van der Waals surface area contributed by atoms with Crippen LogP contribution in [0.25, 0.3) is 10.9 Å². The summed E-state index contributed by atoms with van der Waals surface area (Å²) in [6.45, 7) is 0.701. The van der Waals surface area contributed by atoms with Crippen molar-refractivity contribution in [2.75, 3.05) is 17.3 Å². The third kappa shape index (κ3) is 1.68. The predicted molar refractivity (Wildman–Crippen MR) is 71.9 cm³/mol. The number of hydrogen-bond donors (Lipinski definition) is 0. The molecule has 0 aliphatic carbocycles. The Bertz CT molecular complexity index is 607. The molecule has 1 aliphatic heterocycles. The number of hydrogen-bond acceptors (Lipinski definition) is 2. The van der Waals surface area contributed by atoms with Gasteiger partial charge in [-0.3, -0.25) is 9.48 Å². The van der Waals surface area contributed by atoms with Crippen LogP contribution in [0.4, 0.5) is 5.69 Å². The van der Waals surface area contributed by atoms with E-state index in [2.05, 4.69) is 5.10 Å². The first-order valence-electron chi connectivity index (χ1n) is 5.97. The van der Waals surface area contributed by atoms with Gasteiger partial charge in [0.25, 0.3) is 0 Å². The van der Waals surface area contributed by atoms with Crippen LogP contribution in [0.15, 0.2) is 24.4 Å². The minimum absolute atomic E-state index is 0.148. The molecule has 2 aromatic rings. The van der Waals surface area contributed by atoms with Crippen LogP contribution < -0.4 is 4.90 Å². The molecule has 0 radical (unpaired) electrons. The van der Waals surface area contributed by atoms with Crippen molar-refractivity contribution in [1.29, 1.82) is 0 Å². The molecule has 1 aromatic carbocycles. The van der Waals surface area contributed by atoms with Gasteiger partial charge in [0.15, 0.2) is 0 Å². The van der Waals surface area contributed by atoms with Crippen molar-refractivity contribution >= 4 is 34.1 Å². The van der Waals surface area contributed by atoms with E-state index < -0.39 is 0 Å². The maximum atomic E-state index is 12.1. The Morgan fingerprint density at radius 1 is 1.50 bits per heavy atom.